The van der Waals surface area contributed by atoms with Crippen LogP contribution in [0.4, 0.5) is 4.39 Å². The van der Waals surface area contributed by atoms with Gasteiger partial charge in [-0.25, -0.2) is 4.39 Å². The van der Waals surface area contributed by atoms with Crippen LogP contribution in [0.25, 0.3) is 0 Å². The van der Waals surface area contributed by atoms with Crippen LogP contribution in [0.3, 0.4) is 0 Å². The standard InChI is InChI=1S/C17H16ClFO/c1-10-6-11(2)15(12(3)7-10)9-17(20)14-5-4-13(18)8-16(14)19/h4-8H,9H2,1-3H3. The van der Waals surface area contributed by atoms with Gasteiger partial charge in [0.25, 0.3) is 0 Å². The van der Waals surface area contributed by atoms with Crippen LogP contribution in [0.1, 0.15) is 32.6 Å². The summed E-state index contributed by atoms with van der Waals surface area (Å²) in [5, 5.41) is 0.293. The highest BCUT2D eigenvalue weighted by atomic mass is 35.5. The minimum Gasteiger partial charge on any atom is -0.294 e. The van der Waals surface area contributed by atoms with E-state index in [0.29, 0.717) is 5.02 Å². The maximum atomic E-state index is 13.8. The fourth-order valence-corrected chi connectivity index (χ4v) is 2.62. The van der Waals surface area contributed by atoms with Crippen LogP contribution in [0, 0.1) is 26.6 Å². The number of rotatable bonds is 3. The maximum Gasteiger partial charge on any atom is 0.170 e. The second-order valence-corrected chi connectivity index (χ2v) is 5.54. The number of aryl methyl sites for hydroxylation is 3. The Morgan fingerprint density at radius 3 is 2.25 bits per heavy atom. The summed E-state index contributed by atoms with van der Waals surface area (Å²) in [5.74, 6) is -0.792. The SMILES string of the molecule is Cc1cc(C)c(CC(=O)c2ccc(Cl)cc2F)c(C)c1. The monoisotopic (exact) mass is 290 g/mol. The molecule has 0 saturated heterocycles. The number of halogens is 2. The first-order valence-electron chi connectivity index (χ1n) is 6.43. The van der Waals surface area contributed by atoms with Crippen molar-refractivity contribution in [3.05, 3.63) is 69.0 Å². The zero-order valence-corrected chi connectivity index (χ0v) is 12.5. The minimum atomic E-state index is -0.565. The highest BCUT2D eigenvalue weighted by molar-refractivity contribution is 6.30. The predicted molar refractivity (Wildman–Crippen MR) is 80.1 cm³/mol. The lowest BCUT2D eigenvalue weighted by Crippen LogP contribution is -2.09. The van der Waals surface area contributed by atoms with E-state index in [0.717, 1.165) is 22.3 Å². The molecule has 0 aliphatic carbocycles. The molecular weight excluding hydrogens is 275 g/mol. The van der Waals surface area contributed by atoms with E-state index in [-0.39, 0.29) is 17.8 Å². The lowest BCUT2D eigenvalue weighted by atomic mass is 9.94. The van der Waals surface area contributed by atoms with Crippen LogP contribution >= 0.6 is 11.6 Å². The Kier molecular flexibility index (Phi) is 4.24. The molecule has 2 aromatic carbocycles. The van der Waals surface area contributed by atoms with E-state index in [9.17, 15) is 9.18 Å². The molecule has 2 rings (SSSR count). The number of ketones is 1. The van der Waals surface area contributed by atoms with Crippen LogP contribution in [0.5, 0.6) is 0 Å². The summed E-state index contributed by atoms with van der Waals surface area (Å²) in [6.07, 6.45) is 0.205. The molecule has 2 aromatic rings. The quantitative estimate of drug-likeness (QED) is 0.740. The van der Waals surface area contributed by atoms with Gasteiger partial charge >= 0.3 is 0 Å². The molecule has 0 fully saturated rings. The van der Waals surface area contributed by atoms with Crippen molar-refractivity contribution in [3.63, 3.8) is 0 Å². The summed E-state index contributed by atoms with van der Waals surface area (Å²) in [5.41, 5.74) is 4.34. The van der Waals surface area contributed by atoms with Crippen molar-refractivity contribution in [1.29, 1.82) is 0 Å². The molecule has 3 heteroatoms. The summed E-state index contributed by atoms with van der Waals surface area (Å²) in [6, 6.07) is 8.22. The first-order chi connectivity index (χ1) is 9.38. The molecule has 0 heterocycles. The first kappa shape index (κ1) is 14.7. The second kappa shape index (κ2) is 5.76. The largest absolute Gasteiger partial charge is 0.294 e. The molecule has 0 radical (unpaired) electrons. The van der Waals surface area contributed by atoms with Crippen LogP contribution in [-0.2, 0) is 6.42 Å². The number of Topliss-reactive ketones (excluding diaryl/α,β-unsaturated/α-hetero) is 1. The summed E-state index contributed by atoms with van der Waals surface area (Å²) in [6.45, 7) is 5.96. The molecule has 0 spiro atoms. The Morgan fingerprint density at radius 1 is 1.10 bits per heavy atom. The van der Waals surface area contributed by atoms with E-state index in [1.165, 1.54) is 18.2 Å². The number of hydrogen-bond donors (Lipinski definition) is 0. The van der Waals surface area contributed by atoms with Crippen molar-refractivity contribution >= 4 is 17.4 Å². The molecule has 0 N–H and O–H groups in total. The molecule has 0 bridgehead atoms. The lowest BCUT2D eigenvalue weighted by Gasteiger charge is -2.11. The molecular formula is C17H16ClFO. The van der Waals surface area contributed by atoms with Crippen molar-refractivity contribution < 1.29 is 9.18 Å². The molecule has 0 amide bonds. The Morgan fingerprint density at radius 2 is 1.70 bits per heavy atom. The van der Waals surface area contributed by atoms with E-state index in [4.69, 9.17) is 11.6 Å². The van der Waals surface area contributed by atoms with Crippen LogP contribution < -0.4 is 0 Å². The third-order valence-corrected chi connectivity index (χ3v) is 3.64. The number of hydrogen-bond acceptors (Lipinski definition) is 1. The molecule has 20 heavy (non-hydrogen) atoms. The van der Waals surface area contributed by atoms with Gasteiger partial charge in [-0.05, 0) is 55.7 Å². The summed E-state index contributed by atoms with van der Waals surface area (Å²) in [7, 11) is 0. The highest BCUT2D eigenvalue weighted by Crippen LogP contribution is 2.21. The normalized spacial score (nSPS) is 10.7. The summed E-state index contributed by atoms with van der Waals surface area (Å²) >= 11 is 5.70. The van der Waals surface area contributed by atoms with E-state index in [1.54, 1.807) is 0 Å². The van der Waals surface area contributed by atoms with Crippen LogP contribution in [-0.4, -0.2) is 5.78 Å². The third kappa shape index (κ3) is 3.07. The molecule has 104 valence electrons. The number of carbonyl (C=O) groups is 1. The summed E-state index contributed by atoms with van der Waals surface area (Å²) in [4.78, 5) is 12.3. The zero-order chi connectivity index (χ0) is 14.9. The molecule has 0 aliphatic heterocycles. The van der Waals surface area contributed by atoms with Crippen molar-refractivity contribution in [2.45, 2.75) is 27.2 Å². The third-order valence-electron chi connectivity index (χ3n) is 3.41. The molecule has 0 saturated carbocycles. The van der Waals surface area contributed by atoms with Crippen molar-refractivity contribution in [2.24, 2.45) is 0 Å². The van der Waals surface area contributed by atoms with Crippen LogP contribution in [0.15, 0.2) is 30.3 Å². The topological polar surface area (TPSA) is 17.1 Å². The first-order valence-corrected chi connectivity index (χ1v) is 6.81. The lowest BCUT2D eigenvalue weighted by molar-refractivity contribution is 0.0988. The number of benzene rings is 2. The van der Waals surface area contributed by atoms with Gasteiger partial charge in [0.2, 0.25) is 0 Å². The van der Waals surface area contributed by atoms with Gasteiger partial charge in [-0.2, -0.15) is 0 Å². The van der Waals surface area contributed by atoms with Crippen molar-refractivity contribution in [1.82, 2.24) is 0 Å². The summed E-state index contributed by atoms with van der Waals surface area (Å²) < 4.78 is 13.8. The van der Waals surface area contributed by atoms with Gasteiger partial charge in [0, 0.05) is 11.4 Å². The van der Waals surface area contributed by atoms with E-state index in [1.807, 2.05) is 32.9 Å². The number of carbonyl (C=O) groups excluding carboxylic acids is 1. The fourth-order valence-electron chi connectivity index (χ4n) is 2.46. The van der Waals surface area contributed by atoms with Gasteiger partial charge < -0.3 is 0 Å². The van der Waals surface area contributed by atoms with E-state index < -0.39 is 5.82 Å². The molecule has 0 aromatic heterocycles. The van der Waals surface area contributed by atoms with Gasteiger partial charge in [-0.3, -0.25) is 4.79 Å². The maximum absolute atomic E-state index is 13.8. The minimum absolute atomic E-state index is 0.0915. The molecule has 0 atom stereocenters. The Labute approximate surface area is 123 Å². The van der Waals surface area contributed by atoms with E-state index >= 15 is 0 Å². The van der Waals surface area contributed by atoms with Gasteiger partial charge in [-0.1, -0.05) is 29.3 Å². The van der Waals surface area contributed by atoms with Gasteiger partial charge in [0.05, 0.1) is 5.56 Å². The Hall–Kier alpha value is -1.67. The molecule has 0 unspecified atom stereocenters. The smallest absolute Gasteiger partial charge is 0.170 e. The molecule has 1 nitrogen and oxygen atoms in total. The van der Waals surface area contributed by atoms with Crippen molar-refractivity contribution in [2.75, 3.05) is 0 Å². The van der Waals surface area contributed by atoms with Gasteiger partial charge in [0.15, 0.2) is 5.78 Å². The van der Waals surface area contributed by atoms with Gasteiger partial charge in [-0.15, -0.1) is 0 Å². The average Bonchev–Trinajstić information content (AvgIpc) is 2.33. The second-order valence-electron chi connectivity index (χ2n) is 5.10. The van der Waals surface area contributed by atoms with Gasteiger partial charge in [0.1, 0.15) is 5.82 Å². The Bertz CT molecular complexity index is 654. The van der Waals surface area contributed by atoms with Crippen LogP contribution in [0.2, 0.25) is 5.02 Å². The zero-order valence-electron chi connectivity index (χ0n) is 11.8. The molecule has 0 aliphatic rings. The highest BCUT2D eigenvalue weighted by Gasteiger charge is 2.15. The van der Waals surface area contributed by atoms with Crippen molar-refractivity contribution in [3.8, 4) is 0 Å². The Balaban J connectivity index is 2.33. The average molecular weight is 291 g/mol. The van der Waals surface area contributed by atoms with E-state index in [2.05, 4.69) is 0 Å². The predicted octanol–water partition coefficient (Wildman–Crippen LogP) is 4.83. The fraction of sp³-hybridized carbons (Fsp3) is 0.235.